The van der Waals surface area contributed by atoms with Gasteiger partial charge < -0.3 is 45.0 Å². The number of thiazole rings is 1. The van der Waals surface area contributed by atoms with E-state index in [0.29, 0.717) is 65.3 Å². The molecular weight excluding hydrogens is 1000 g/mol. The van der Waals surface area contributed by atoms with E-state index in [9.17, 15) is 14.7 Å². The van der Waals surface area contributed by atoms with Gasteiger partial charge in [0.25, 0.3) is 0 Å². The van der Waals surface area contributed by atoms with Gasteiger partial charge in [0, 0.05) is 88.7 Å². The maximum atomic E-state index is 14.4. The van der Waals surface area contributed by atoms with E-state index in [0.717, 1.165) is 111 Å². The number of amides is 2. The number of nitrogens with one attached hydrogen (secondary N) is 1. The fourth-order valence-corrected chi connectivity index (χ4v) is 15.4. The lowest BCUT2D eigenvalue weighted by molar-refractivity contribution is -0.141. The first kappa shape index (κ1) is 53.0. The minimum Gasteiger partial charge on any atom is -0.507 e. The summed E-state index contributed by atoms with van der Waals surface area (Å²) in [5, 5.41) is 26.9. The molecule has 78 heavy (non-hydrogen) atoms. The molecule has 7 fully saturated rings. The van der Waals surface area contributed by atoms with Crippen LogP contribution in [0.25, 0.3) is 21.7 Å². The molecule has 4 N–H and O–H groups in total. The number of benzene rings is 2. The van der Waals surface area contributed by atoms with Crippen LogP contribution in [0.1, 0.15) is 114 Å². The van der Waals surface area contributed by atoms with Crippen molar-refractivity contribution in [2.45, 2.75) is 134 Å². The topological polar surface area (TPSA) is 186 Å². The third kappa shape index (κ3) is 10.9. The Kier molecular flexibility index (Phi) is 15.3. The van der Waals surface area contributed by atoms with Crippen molar-refractivity contribution in [2.24, 2.45) is 17.3 Å². The molecule has 17 nitrogen and oxygen atoms in total. The summed E-state index contributed by atoms with van der Waals surface area (Å²) in [5.41, 5.74) is 14.2. The smallest absolute Gasteiger partial charge is 0.243 e. The molecule has 7 aliphatic rings. The number of piperazine rings is 1. The lowest BCUT2D eigenvalue weighted by atomic mass is 9.60. The van der Waals surface area contributed by atoms with Gasteiger partial charge in [0.05, 0.1) is 46.2 Å². The average molecular weight is 1080 g/mol. The van der Waals surface area contributed by atoms with Crippen LogP contribution in [-0.4, -0.2) is 166 Å². The number of aromatic hydroxyl groups is 1. The van der Waals surface area contributed by atoms with Crippen molar-refractivity contribution >= 4 is 40.5 Å². The van der Waals surface area contributed by atoms with Crippen molar-refractivity contribution in [3.05, 3.63) is 83.2 Å². The second-order valence-electron chi connectivity index (χ2n) is 24.4. The van der Waals surface area contributed by atoms with Crippen LogP contribution in [0.5, 0.6) is 5.75 Å². The number of piperidine rings is 2. The van der Waals surface area contributed by atoms with Gasteiger partial charge in [0.1, 0.15) is 17.7 Å². The number of anilines is 3. The number of hydrogen-bond acceptors (Lipinski definition) is 16. The number of aryl methyl sites for hydroxylation is 1. The first-order valence-corrected chi connectivity index (χ1v) is 30.1. The van der Waals surface area contributed by atoms with Crippen LogP contribution < -0.4 is 20.9 Å². The summed E-state index contributed by atoms with van der Waals surface area (Å²) in [6.45, 7) is 19.7. The fourth-order valence-electron chi connectivity index (χ4n) is 14.6. The van der Waals surface area contributed by atoms with E-state index in [1.54, 1.807) is 22.3 Å². The molecule has 18 heteroatoms. The molecule has 2 aromatic carbocycles. The molecule has 5 aromatic rings. The zero-order valence-corrected chi connectivity index (χ0v) is 47.0. The zero-order valence-electron chi connectivity index (χ0n) is 46.1. The first-order chi connectivity index (χ1) is 37.8. The lowest BCUT2D eigenvalue weighted by Crippen LogP contribution is -2.61. The fraction of sp³-hybridized carbons (Fsp3) is 0.600. The Balaban J connectivity index is 0.571. The van der Waals surface area contributed by atoms with Crippen molar-refractivity contribution in [1.82, 2.24) is 45.3 Å². The number of phenols is 1. The number of aromatic nitrogens is 4. The van der Waals surface area contributed by atoms with E-state index < -0.39 is 12.0 Å². The van der Waals surface area contributed by atoms with Gasteiger partial charge in [-0.05, 0) is 138 Å². The average Bonchev–Trinajstić information content (AvgIpc) is 4.36. The van der Waals surface area contributed by atoms with Gasteiger partial charge in [-0.25, -0.2) is 4.98 Å². The Hall–Kier alpha value is -5.66. The lowest BCUT2D eigenvalue weighted by Gasteiger charge is -2.56. The molecule has 3 aromatic heterocycles. The Morgan fingerprint density at radius 3 is 2.33 bits per heavy atom. The minimum absolute atomic E-state index is 0.0263. The summed E-state index contributed by atoms with van der Waals surface area (Å²) < 4.78 is 12.5. The van der Waals surface area contributed by atoms with Gasteiger partial charge in [-0.2, -0.15) is 0 Å². The zero-order chi connectivity index (χ0) is 53.7. The molecule has 0 radical (unpaired) electrons. The number of nitrogens with two attached hydrogens (primary N) is 1. The second-order valence-corrected chi connectivity index (χ2v) is 25.3. The number of morpholine rings is 1. The van der Waals surface area contributed by atoms with Gasteiger partial charge in [-0.15, -0.1) is 21.5 Å². The van der Waals surface area contributed by atoms with Gasteiger partial charge in [0.2, 0.25) is 11.8 Å². The van der Waals surface area contributed by atoms with Gasteiger partial charge in [-0.1, -0.05) is 55.4 Å². The highest BCUT2D eigenvalue weighted by molar-refractivity contribution is 7.13. The number of nitrogens with zero attached hydrogens (tertiary/aromatic N) is 10. The summed E-state index contributed by atoms with van der Waals surface area (Å²) in [5.74, 6) is 1.97. The number of carbonyl (C=O) groups is 2. The van der Waals surface area contributed by atoms with Crippen LogP contribution >= 0.6 is 11.3 Å². The Labute approximate surface area is 463 Å². The molecule has 12 rings (SSSR count). The molecule has 416 valence electrons. The summed E-state index contributed by atoms with van der Waals surface area (Å²) >= 11 is 1.63. The van der Waals surface area contributed by atoms with E-state index in [1.807, 2.05) is 49.7 Å². The minimum atomic E-state index is -0.518. The van der Waals surface area contributed by atoms with Crippen LogP contribution in [0, 0.1) is 24.2 Å². The predicted molar refractivity (Wildman–Crippen MR) is 304 cm³/mol. The van der Waals surface area contributed by atoms with Crippen LogP contribution in [-0.2, 0) is 14.3 Å². The summed E-state index contributed by atoms with van der Waals surface area (Å²) in [6.07, 6.45) is 11.5. The number of nitrogen functional groups attached to an aromatic ring is 1. The summed E-state index contributed by atoms with van der Waals surface area (Å²) in [6, 6.07) is 20.4. The first-order valence-electron chi connectivity index (χ1n) is 29.2. The summed E-state index contributed by atoms with van der Waals surface area (Å²) in [7, 11) is 0. The number of rotatable bonds is 15. The molecule has 1 saturated carbocycles. The molecule has 6 saturated heterocycles. The number of hydrogen-bond donors (Lipinski definition) is 3. The van der Waals surface area contributed by atoms with Gasteiger partial charge in [-0.3, -0.25) is 19.4 Å². The molecule has 1 aliphatic carbocycles. The van der Waals surface area contributed by atoms with E-state index in [-0.39, 0.29) is 35.6 Å². The third-order valence-electron chi connectivity index (χ3n) is 19.1. The Morgan fingerprint density at radius 2 is 1.62 bits per heavy atom. The van der Waals surface area contributed by atoms with Gasteiger partial charge in [0.15, 0.2) is 17.4 Å². The normalized spacial score (nSPS) is 25.2. The number of likely N-dealkylation sites (tertiary alicyclic amines) is 2. The quantitative estimate of drug-likeness (QED) is 0.0916. The van der Waals surface area contributed by atoms with Gasteiger partial charge >= 0.3 is 0 Å². The Morgan fingerprint density at radius 1 is 0.859 bits per heavy atom. The predicted octanol–water partition coefficient (Wildman–Crippen LogP) is 7.97. The number of para-hydroxylation sites is 1. The Bertz CT molecular complexity index is 2880. The maximum absolute atomic E-state index is 14.4. The molecule has 6 aliphatic heterocycles. The van der Waals surface area contributed by atoms with E-state index in [4.69, 9.17) is 15.0 Å². The highest BCUT2D eigenvalue weighted by Crippen LogP contribution is 2.51. The molecule has 6 atom stereocenters. The summed E-state index contributed by atoms with van der Waals surface area (Å²) in [4.78, 5) is 48.5. The van der Waals surface area contributed by atoms with Crippen LogP contribution in [0.15, 0.2) is 70.7 Å². The second kappa shape index (κ2) is 22.5. The number of carbonyl (C=O) groups excluding carboxylic acids is 2. The molecular formula is C60H80N12O5S. The van der Waals surface area contributed by atoms with Crippen LogP contribution in [0.3, 0.4) is 0 Å². The van der Waals surface area contributed by atoms with E-state index in [1.165, 1.54) is 51.6 Å². The number of fused-ring (bicyclic) bond motifs is 2. The van der Waals surface area contributed by atoms with Crippen molar-refractivity contribution in [3.63, 3.8) is 0 Å². The number of phenolic OH excluding ortho intramolecular Hbond substituents is 1. The van der Waals surface area contributed by atoms with Crippen LogP contribution in [0.2, 0.25) is 0 Å². The third-order valence-corrected chi connectivity index (χ3v) is 20.1. The SMILES string of the molecule is Cc1ncsc1-c1ccc(C(C)NC(=O)C2CCCN2C(=O)C(c2cc(N3CCC(CN4CCC5(CC4)CC(N4CCOC(CN6C7CCC6CN(c6cc(-c8ccccc8O)nnc6N)C7)C4)C5)CC3)no2)C(C)C)cc1. The standard InChI is InChI=1S/C60H80N12O5S/c1-38(2)55(59(75)71-21-7-9-50(71)58(74)63-39(3)42-11-13-43(14-12-42)56-40(4)62-37-78-56)53-29-54(66-77-53)68-22-17-41(18-23-68)32-67-24-19-60(20-25-67)30-46(31-60)69-26-27-76-47(35-69)36-72-44-15-16-45(72)34-70(33-44)51-28-49(64-65-57(51)61)48-8-5-6-10-52(48)73/h5-6,8,10-14,28-29,37-39,41,44-47,50,55,73H,7,9,15-27,30-36H2,1-4H3,(H2,61,65)(H,63,74). The van der Waals surface area contributed by atoms with Crippen molar-refractivity contribution in [1.29, 1.82) is 0 Å². The highest BCUT2D eigenvalue weighted by Gasteiger charge is 2.50. The molecule has 2 amide bonds. The molecule has 2 bridgehead atoms. The van der Waals surface area contributed by atoms with Crippen molar-refractivity contribution in [2.75, 3.05) is 94.1 Å². The van der Waals surface area contributed by atoms with Crippen molar-refractivity contribution < 1.29 is 24.0 Å². The monoisotopic (exact) mass is 1080 g/mol. The van der Waals surface area contributed by atoms with Crippen LogP contribution in [0.4, 0.5) is 17.3 Å². The van der Waals surface area contributed by atoms with E-state index >= 15 is 0 Å². The van der Waals surface area contributed by atoms with E-state index in [2.05, 4.69) is 88.3 Å². The molecule has 1 spiro atoms. The largest absolute Gasteiger partial charge is 0.507 e. The highest BCUT2D eigenvalue weighted by atomic mass is 32.1. The van der Waals surface area contributed by atoms with Crippen molar-refractivity contribution in [3.8, 4) is 27.4 Å². The molecule has 9 heterocycles. The molecule has 6 unspecified atom stereocenters. The maximum Gasteiger partial charge on any atom is 0.243 e. The number of ether oxygens (including phenoxy) is 1.